The van der Waals surface area contributed by atoms with Gasteiger partial charge in [-0.05, 0) is 35.3 Å². The topological polar surface area (TPSA) is 33.1 Å². The van der Waals surface area contributed by atoms with Crippen LogP contribution in [0.3, 0.4) is 0 Å². The van der Waals surface area contributed by atoms with Crippen LogP contribution in [0.4, 0.5) is 0 Å². The van der Waals surface area contributed by atoms with Gasteiger partial charge in [0.15, 0.2) is 0 Å². The van der Waals surface area contributed by atoms with Crippen LogP contribution < -0.4 is 5.32 Å². The SMILES string of the molecule is CCCN(Cc1c(Br)c(CC)nn1C)C1CNC1. The van der Waals surface area contributed by atoms with Crippen molar-refractivity contribution < 1.29 is 0 Å². The van der Waals surface area contributed by atoms with E-state index in [1.165, 1.54) is 16.6 Å². The van der Waals surface area contributed by atoms with Gasteiger partial charge in [0.2, 0.25) is 0 Å². The molecule has 1 aliphatic rings. The summed E-state index contributed by atoms with van der Waals surface area (Å²) >= 11 is 3.71. The lowest BCUT2D eigenvalue weighted by molar-refractivity contribution is 0.134. The first-order chi connectivity index (χ1) is 8.67. The van der Waals surface area contributed by atoms with Gasteiger partial charge >= 0.3 is 0 Å². The first kappa shape index (κ1) is 14.0. The van der Waals surface area contributed by atoms with Crippen LogP contribution in [0, 0.1) is 0 Å². The van der Waals surface area contributed by atoms with Gasteiger partial charge in [0, 0.05) is 32.7 Å². The van der Waals surface area contributed by atoms with E-state index in [0.717, 1.165) is 38.3 Å². The molecule has 1 aromatic heterocycles. The Morgan fingerprint density at radius 2 is 2.17 bits per heavy atom. The van der Waals surface area contributed by atoms with Crippen LogP contribution >= 0.6 is 15.9 Å². The predicted molar refractivity (Wildman–Crippen MR) is 77.6 cm³/mol. The Labute approximate surface area is 118 Å². The summed E-state index contributed by atoms with van der Waals surface area (Å²) in [5.41, 5.74) is 2.46. The summed E-state index contributed by atoms with van der Waals surface area (Å²) < 4.78 is 3.22. The van der Waals surface area contributed by atoms with Crippen LogP contribution in [0.1, 0.15) is 31.7 Å². The monoisotopic (exact) mass is 314 g/mol. The molecular weight excluding hydrogens is 292 g/mol. The van der Waals surface area contributed by atoms with E-state index in [4.69, 9.17) is 0 Å². The van der Waals surface area contributed by atoms with E-state index >= 15 is 0 Å². The van der Waals surface area contributed by atoms with E-state index in [2.05, 4.69) is 45.1 Å². The molecule has 0 radical (unpaired) electrons. The van der Waals surface area contributed by atoms with Crippen molar-refractivity contribution in [1.82, 2.24) is 20.0 Å². The summed E-state index contributed by atoms with van der Waals surface area (Å²) in [6, 6.07) is 0.692. The Kier molecular flexibility index (Phi) is 4.81. The zero-order valence-electron chi connectivity index (χ0n) is 11.5. The van der Waals surface area contributed by atoms with Crippen molar-refractivity contribution in [2.75, 3.05) is 19.6 Å². The van der Waals surface area contributed by atoms with Crippen LogP contribution in [0.5, 0.6) is 0 Å². The fourth-order valence-electron chi connectivity index (χ4n) is 2.39. The van der Waals surface area contributed by atoms with Crippen molar-refractivity contribution in [1.29, 1.82) is 0 Å². The van der Waals surface area contributed by atoms with Crippen LogP contribution in [-0.4, -0.2) is 40.4 Å². The maximum atomic E-state index is 4.57. The molecule has 1 aromatic rings. The summed E-state index contributed by atoms with van der Waals surface area (Å²) in [6.45, 7) is 8.79. The maximum absolute atomic E-state index is 4.57. The molecule has 1 aliphatic heterocycles. The molecule has 5 heteroatoms. The first-order valence-electron chi connectivity index (χ1n) is 6.82. The number of hydrogen-bond acceptors (Lipinski definition) is 3. The van der Waals surface area contributed by atoms with Gasteiger partial charge in [-0.25, -0.2) is 0 Å². The van der Waals surface area contributed by atoms with E-state index < -0.39 is 0 Å². The minimum atomic E-state index is 0.692. The third kappa shape index (κ3) is 2.78. The lowest BCUT2D eigenvalue weighted by Crippen LogP contribution is -2.57. The average molecular weight is 315 g/mol. The van der Waals surface area contributed by atoms with Gasteiger partial charge in [-0.15, -0.1) is 0 Å². The molecule has 18 heavy (non-hydrogen) atoms. The normalized spacial score (nSPS) is 16.3. The minimum Gasteiger partial charge on any atom is -0.314 e. The summed E-state index contributed by atoms with van der Waals surface area (Å²) in [4.78, 5) is 2.57. The molecule has 2 heterocycles. The van der Waals surface area contributed by atoms with Gasteiger partial charge in [-0.2, -0.15) is 5.10 Å². The second-order valence-electron chi connectivity index (χ2n) is 4.97. The fourth-order valence-corrected chi connectivity index (χ4v) is 3.14. The summed E-state index contributed by atoms with van der Waals surface area (Å²) in [7, 11) is 2.04. The van der Waals surface area contributed by atoms with Crippen molar-refractivity contribution in [3.05, 3.63) is 15.9 Å². The highest BCUT2D eigenvalue weighted by Crippen LogP contribution is 2.24. The average Bonchev–Trinajstić information content (AvgIpc) is 2.54. The van der Waals surface area contributed by atoms with Gasteiger partial charge in [-0.1, -0.05) is 13.8 Å². The number of hydrogen-bond donors (Lipinski definition) is 1. The molecule has 1 saturated heterocycles. The molecule has 0 amide bonds. The lowest BCUT2D eigenvalue weighted by Gasteiger charge is -2.38. The quantitative estimate of drug-likeness (QED) is 0.871. The Hall–Kier alpha value is -0.390. The molecule has 2 rings (SSSR count). The third-order valence-corrected chi connectivity index (χ3v) is 4.56. The van der Waals surface area contributed by atoms with Crippen molar-refractivity contribution in [2.24, 2.45) is 7.05 Å². The first-order valence-corrected chi connectivity index (χ1v) is 7.61. The van der Waals surface area contributed by atoms with Crippen LogP contribution in [0.25, 0.3) is 0 Å². The van der Waals surface area contributed by atoms with Crippen LogP contribution in [-0.2, 0) is 20.0 Å². The molecular formula is C13H23BrN4. The predicted octanol–water partition coefficient (Wildman–Crippen LogP) is 1.93. The molecule has 0 aromatic carbocycles. The van der Waals surface area contributed by atoms with E-state index in [-0.39, 0.29) is 0 Å². The molecule has 1 fully saturated rings. The summed E-state index contributed by atoms with van der Waals surface area (Å²) in [5.74, 6) is 0. The zero-order chi connectivity index (χ0) is 13.1. The van der Waals surface area contributed by atoms with Crippen molar-refractivity contribution in [3.8, 4) is 0 Å². The minimum absolute atomic E-state index is 0.692. The van der Waals surface area contributed by atoms with Gasteiger partial charge in [-0.3, -0.25) is 9.58 Å². The number of rotatable bonds is 6. The molecule has 1 N–H and O–H groups in total. The maximum Gasteiger partial charge on any atom is 0.0767 e. The Bertz CT molecular complexity index is 398. The highest BCUT2D eigenvalue weighted by molar-refractivity contribution is 9.10. The second-order valence-corrected chi connectivity index (χ2v) is 5.76. The highest BCUT2D eigenvalue weighted by Gasteiger charge is 2.26. The number of aromatic nitrogens is 2. The second kappa shape index (κ2) is 6.17. The molecule has 0 aliphatic carbocycles. The van der Waals surface area contributed by atoms with Gasteiger partial charge in [0.05, 0.1) is 15.9 Å². The van der Waals surface area contributed by atoms with E-state index in [1.807, 2.05) is 11.7 Å². The Morgan fingerprint density at radius 1 is 1.44 bits per heavy atom. The summed E-state index contributed by atoms with van der Waals surface area (Å²) in [5, 5.41) is 7.93. The molecule has 0 atom stereocenters. The van der Waals surface area contributed by atoms with E-state index in [0.29, 0.717) is 6.04 Å². The third-order valence-electron chi connectivity index (χ3n) is 3.64. The molecule has 0 saturated carbocycles. The number of nitrogens with zero attached hydrogens (tertiary/aromatic N) is 3. The van der Waals surface area contributed by atoms with Crippen LogP contribution in [0.2, 0.25) is 0 Å². The van der Waals surface area contributed by atoms with E-state index in [1.54, 1.807) is 0 Å². The highest BCUT2D eigenvalue weighted by atomic mass is 79.9. The largest absolute Gasteiger partial charge is 0.314 e. The number of halogens is 1. The molecule has 0 bridgehead atoms. The van der Waals surface area contributed by atoms with Crippen molar-refractivity contribution in [3.63, 3.8) is 0 Å². The standard InChI is InChI=1S/C13H23BrN4/c1-4-6-18(10-7-15-8-10)9-12-13(14)11(5-2)16-17(12)3/h10,15H,4-9H2,1-3H3. The molecule has 0 unspecified atom stereocenters. The summed E-state index contributed by atoms with van der Waals surface area (Å²) in [6.07, 6.45) is 2.18. The van der Waals surface area contributed by atoms with Crippen molar-refractivity contribution >= 4 is 15.9 Å². The molecule has 0 spiro atoms. The van der Waals surface area contributed by atoms with Gasteiger partial charge in [0.1, 0.15) is 0 Å². The van der Waals surface area contributed by atoms with Gasteiger partial charge in [0.25, 0.3) is 0 Å². The van der Waals surface area contributed by atoms with Crippen LogP contribution in [0.15, 0.2) is 4.47 Å². The van der Waals surface area contributed by atoms with Crippen molar-refractivity contribution in [2.45, 2.75) is 39.3 Å². The molecule has 4 nitrogen and oxygen atoms in total. The number of aryl methyl sites for hydroxylation is 2. The zero-order valence-corrected chi connectivity index (χ0v) is 13.1. The Morgan fingerprint density at radius 3 is 2.61 bits per heavy atom. The number of nitrogens with one attached hydrogen (secondary N) is 1. The fraction of sp³-hybridized carbons (Fsp3) is 0.769. The Balaban J connectivity index is 2.12. The van der Waals surface area contributed by atoms with E-state index in [9.17, 15) is 0 Å². The lowest BCUT2D eigenvalue weighted by atomic mass is 10.1. The van der Waals surface area contributed by atoms with Gasteiger partial charge < -0.3 is 5.32 Å². The molecule has 102 valence electrons. The smallest absolute Gasteiger partial charge is 0.0767 e.